The van der Waals surface area contributed by atoms with Crippen LogP contribution in [0.2, 0.25) is 0 Å². The standard InChI is InChI=1S/C22H22O6/c1-13(2)12-27-15-7-8-16-18(11-15)28-19(20(16)23)10-14-6-9-17(24-3)22(26-5)21(14)25-4/h6-11H,1,12H2,2-5H3. The zero-order chi connectivity index (χ0) is 20.3. The van der Waals surface area contributed by atoms with Crippen molar-refractivity contribution in [1.82, 2.24) is 0 Å². The monoisotopic (exact) mass is 382 g/mol. The van der Waals surface area contributed by atoms with Crippen LogP contribution in [0.5, 0.6) is 28.7 Å². The molecule has 1 aliphatic heterocycles. The molecule has 1 heterocycles. The number of ether oxygens (including phenoxy) is 5. The third-order valence-corrected chi connectivity index (χ3v) is 4.15. The van der Waals surface area contributed by atoms with Crippen molar-refractivity contribution in [2.75, 3.05) is 27.9 Å². The van der Waals surface area contributed by atoms with Crippen LogP contribution >= 0.6 is 0 Å². The van der Waals surface area contributed by atoms with Gasteiger partial charge in [-0.2, -0.15) is 0 Å². The minimum Gasteiger partial charge on any atom is -0.493 e. The van der Waals surface area contributed by atoms with E-state index in [2.05, 4.69) is 6.58 Å². The number of Topliss-reactive ketones (excluding diaryl/α,β-unsaturated/α-hetero) is 1. The van der Waals surface area contributed by atoms with Crippen LogP contribution in [-0.4, -0.2) is 33.7 Å². The lowest BCUT2D eigenvalue weighted by Gasteiger charge is -2.14. The molecule has 0 bridgehead atoms. The molecule has 2 aromatic rings. The number of fused-ring (bicyclic) bond motifs is 1. The molecule has 0 saturated heterocycles. The van der Waals surface area contributed by atoms with Gasteiger partial charge in [0.15, 0.2) is 17.3 Å². The summed E-state index contributed by atoms with van der Waals surface area (Å²) in [6, 6.07) is 8.64. The fraction of sp³-hybridized carbons (Fsp3) is 0.227. The van der Waals surface area contributed by atoms with E-state index in [-0.39, 0.29) is 11.5 Å². The summed E-state index contributed by atoms with van der Waals surface area (Å²) in [5.74, 6) is 2.47. The number of allylic oxidation sites excluding steroid dienone is 1. The van der Waals surface area contributed by atoms with Crippen molar-refractivity contribution >= 4 is 11.9 Å². The fourth-order valence-corrected chi connectivity index (χ4v) is 2.84. The molecular weight excluding hydrogens is 360 g/mol. The van der Waals surface area contributed by atoms with E-state index >= 15 is 0 Å². The van der Waals surface area contributed by atoms with Crippen LogP contribution < -0.4 is 23.7 Å². The maximum absolute atomic E-state index is 12.7. The van der Waals surface area contributed by atoms with E-state index in [0.717, 1.165) is 5.57 Å². The van der Waals surface area contributed by atoms with Crippen LogP contribution in [0.1, 0.15) is 22.8 Å². The second-order valence-corrected chi connectivity index (χ2v) is 6.27. The molecule has 3 rings (SSSR count). The quantitative estimate of drug-likeness (QED) is 0.526. The second-order valence-electron chi connectivity index (χ2n) is 6.27. The average molecular weight is 382 g/mol. The number of benzene rings is 2. The third-order valence-electron chi connectivity index (χ3n) is 4.15. The smallest absolute Gasteiger partial charge is 0.231 e. The van der Waals surface area contributed by atoms with E-state index in [0.29, 0.717) is 46.5 Å². The Labute approximate surface area is 163 Å². The number of hydrogen-bond donors (Lipinski definition) is 0. The Morgan fingerprint density at radius 2 is 1.82 bits per heavy atom. The van der Waals surface area contributed by atoms with Crippen molar-refractivity contribution in [2.45, 2.75) is 6.92 Å². The Morgan fingerprint density at radius 3 is 2.46 bits per heavy atom. The molecule has 28 heavy (non-hydrogen) atoms. The van der Waals surface area contributed by atoms with Gasteiger partial charge < -0.3 is 23.7 Å². The Bertz CT molecular complexity index is 958. The largest absolute Gasteiger partial charge is 0.493 e. The van der Waals surface area contributed by atoms with E-state index in [1.54, 1.807) is 43.5 Å². The summed E-state index contributed by atoms with van der Waals surface area (Å²) in [6.45, 7) is 6.09. The Balaban J connectivity index is 1.93. The summed E-state index contributed by atoms with van der Waals surface area (Å²) in [4.78, 5) is 12.7. The lowest BCUT2D eigenvalue weighted by Crippen LogP contribution is -2.00. The molecule has 6 nitrogen and oxygen atoms in total. The summed E-state index contributed by atoms with van der Waals surface area (Å²) < 4.78 is 27.5. The molecule has 0 spiro atoms. The zero-order valence-electron chi connectivity index (χ0n) is 16.3. The van der Waals surface area contributed by atoms with Crippen molar-refractivity contribution < 1.29 is 28.5 Å². The Kier molecular flexibility index (Phi) is 5.59. The van der Waals surface area contributed by atoms with Gasteiger partial charge in [0.25, 0.3) is 0 Å². The highest BCUT2D eigenvalue weighted by atomic mass is 16.5. The molecule has 0 unspecified atom stereocenters. The first kappa shape index (κ1) is 19.4. The van der Waals surface area contributed by atoms with Crippen molar-refractivity contribution in [3.05, 3.63) is 59.4 Å². The van der Waals surface area contributed by atoms with Gasteiger partial charge in [-0.3, -0.25) is 4.79 Å². The van der Waals surface area contributed by atoms with Crippen LogP contribution in [0.15, 0.2) is 48.2 Å². The molecular formula is C22H22O6. The Hall–Kier alpha value is -3.41. The lowest BCUT2D eigenvalue weighted by molar-refractivity contribution is 0.101. The number of methoxy groups -OCH3 is 3. The third kappa shape index (κ3) is 3.67. The summed E-state index contributed by atoms with van der Waals surface area (Å²) in [5, 5.41) is 0. The van der Waals surface area contributed by atoms with Crippen molar-refractivity contribution in [2.24, 2.45) is 0 Å². The van der Waals surface area contributed by atoms with Gasteiger partial charge in [0.05, 0.1) is 26.9 Å². The molecule has 6 heteroatoms. The highest BCUT2D eigenvalue weighted by molar-refractivity contribution is 6.14. The van der Waals surface area contributed by atoms with Gasteiger partial charge in [0.1, 0.15) is 18.1 Å². The maximum atomic E-state index is 12.7. The number of rotatable bonds is 7. The summed E-state index contributed by atoms with van der Waals surface area (Å²) in [7, 11) is 4.59. The van der Waals surface area contributed by atoms with Gasteiger partial charge in [-0.25, -0.2) is 0 Å². The second kappa shape index (κ2) is 8.08. The molecule has 0 aromatic heterocycles. The van der Waals surface area contributed by atoms with Gasteiger partial charge in [0.2, 0.25) is 11.5 Å². The van der Waals surface area contributed by atoms with Crippen LogP contribution in [0.4, 0.5) is 0 Å². The van der Waals surface area contributed by atoms with Crippen LogP contribution in [0, 0.1) is 0 Å². The van der Waals surface area contributed by atoms with Gasteiger partial charge in [-0.1, -0.05) is 6.58 Å². The summed E-state index contributed by atoms with van der Waals surface area (Å²) in [5.41, 5.74) is 2.02. The molecule has 0 fully saturated rings. The molecule has 0 amide bonds. The predicted octanol–water partition coefficient (Wildman–Crippen LogP) is 4.28. The number of carbonyl (C=O) groups is 1. The molecule has 1 aliphatic rings. The van der Waals surface area contributed by atoms with E-state index in [4.69, 9.17) is 23.7 Å². The topological polar surface area (TPSA) is 63.2 Å². The van der Waals surface area contributed by atoms with E-state index < -0.39 is 0 Å². The zero-order valence-corrected chi connectivity index (χ0v) is 16.3. The number of carbonyl (C=O) groups excluding carboxylic acids is 1. The molecule has 2 aromatic carbocycles. The van der Waals surface area contributed by atoms with Gasteiger partial charge in [-0.15, -0.1) is 0 Å². The lowest BCUT2D eigenvalue weighted by atomic mass is 10.1. The Morgan fingerprint density at radius 1 is 1.07 bits per heavy atom. The summed E-state index contributed by atoms with van der Waals surface area (Å²) in [6.07, 6.45) is 1.62. The first-order valence-corrected chi connectivity index (χ1v) is 8.63. The van der Waals surface area contributed by atoms with Crippen LogP contribution in [0.25, 0.3) is 6.08 Å². The van der Waals surface area contributed by atoms with E-state index in [1.807, 2.05) is 6.92 Å². The minimum atomic E-state index is -0.210. The van der Waals surface area contributed by atoms with Crippen LogP contribution in [0.3, 0.4) is 0 Å². The normalized spacial score (nSPS) is 13.7. The maximum Gasteiger partial charge on any atom is 0.231 e. The molecule has 0 aliphatic carbocycles. The SMILES string of the molecule is C=C(C)COc1ccc2c(c1)OC(=Cc1ccc(OC)c(OC)c1OC)C2=O. The van der Waals surface area contributed by atoms with E-state index in [9.17, 15) is 4.79 Å². The average Bonchev–Trinajstić information content (AvgIpc) is 3.00. The summed E-state index contributed by atoms with van der Waals surface area (Å²) >= 11 is 0. The number of ketones is 1. The molecule has 0 atom stereocenters. The highest BCUT2D eigenvalue weighted by Gasteiger charge is 2.28. The molecule has 0 radical (unpaired) electrons. The molecule has 0 N–H and O–H groups in total. The first-order chi connectivity index (χ1) is 13.5. The fourth-order valence-electron chi connectivity index (χ4n) is 2.84. The van der Waals surface area contributed by atoms with E-state index in [1.165, 1.54) is 14.2 Å². The number of hydrogen-bond acceptors (Lipinski definition) is 6. The minimum absolute atomic E-state index is 0.192. The molecule has 146 valence electrons. The van der Waals surface area contributed by atoms with Gasteiger partial charge >= 0.3 is 0 Å². The van der Waals surface area contributed by atoms with Crippen molar-refractivity contribution in [3.8, 4) is 28.7 Å². The van der Waals surface area contributed by atoms with Gasteiger partial charge in [-0.05, 0) is 42.8 Å². The van der Waals surface area contributed by atoms with Crippen molar-refractivity contribution in [1.29, 1.82) is 0 Å². The van der Waals surface area contributed by atoms with Crippen molar-refractivity contribution in [3.63, 3.8) is 0 Å². The predicted molar refractivity (Wildman–Crippen MR) is 106 cm³/mol. The molecule has 0 saturated carbocycles. The van der Waals surface area contributed by atoms with Gasteiger partial charge in [0, 0.05) is 11.6 Å². The van der Waals surface area contributed by atoms with Crippen LogP contribution in [-0.2, 0) is 0 Å². The highest BCUT2D eigenvalue weighted by Crippen LogP contribution is 2.42. The first-order valence-electron chi connectivity index (χ1n) is 8.63.